The third kappa shape index (κ3) is 4.71. The van der Waals surface area contributed by atoms with Crippen LogP contribution in [0.15, 0.2) is 24.3 Å². The van der Waals surface area contributed by atoms with Gasteiger partial charge in [0.05, 0.1) is 23.4 Å². The number of nitrogens with one attached hydrogen (secondary N) is 2. The summed E-state index contributed by atoms with van der Waals surface area (Å²) in [4.78, 5) is 23.9. The largest absolute Gasteiger partial charge is 0.491 e. The minimum Gasteiger partial charge on any atom is -0.491 e. The zero-order valence-corrected chi connectivity index (χ0v) is 17.7. The molecule has 1 aromatic heterocycles. The molecule has 11 heteroatoms. The fraction of sp³-hybridized carbons (Fsp3) is 0.273. The van der Waals surface area contributed by atoms with E-state index in [9.17, 15) is 18.0 Å². The lowest BCUT2D eigenvalue weighted by Gasteiger charge is -2.16. The molecule has 0 spiro atoms. The van der Waals surface area contributed by atoms with Gasteiger partial charge in [0.2, 0.25) is 0 Å². The van der Waals surface area contributed by atoms with Crippen LogP contribution in [0.1, 0.15) is 28.0 Å². The Bertz CT molecular complexity index is 1230. The average molecular weight is 467 g/mol. The van der Waals surface area contributed by atoms with E-state index in [1.165, 1.54) is 6.07 Å². The third-order valence-electron chi connectivity index (χ3n) is 5.20. The van der Waals surface area contributed by atoms with E-state index in [4.69, 9.17) is 20.4 Å². The molecular formula is C22H21F4N3O4. The van der Waals surface area contributed by atoms with Crippen molar-refractivity contribution in [2.24, 2.45) is 5.73 Å². The second-order valence-corrected chi connectivity index (χ2v) is 7.38. The number of carbonyl (C=O) groups excluding carboxylic acids is 1. The first-order chi connectivity index (χ1) is 15.4. The van der Waals surface area contributed by atoms with Crippen molar-refractivity contribution < 1.29 is 37.0 Å². The van der Waals surface area contributed by atoms with E-state index in [-0.39, 0.29) is 5.56 Å². The fourth-order valence-corrected chi connectivity index (χ4v) is 3.58. The van der Waals surface area contributed by atoms with E-state index in [0.29, 0.717) is 34.4 Å². The molecule has 33 heavy (non-hydrogen) atoms. The predicted octanol–water partition coefficient (Wildman–Crippen LogP) is 4.52. The quantitative estimate of drug-likeness (QED) is 0.414. The number of primary amides is 1. The van der Waals surface area contributed by atoms with Crippen molar-refractivity contribution in [1.29, 1.82) is 0 Å². The molecule has 0 unspecified atom stereocenters. The number of aromatic nitrogens is 1. The molecule has 0 saturated heterocycles. The smallest absolute Gasteiger partial charge is 0.490 e. The number of ether oxygens (including phenoxy) is 1. The van der Waals surface area contributed by atoms with Crippen LogP contribution in [0.25, 0.3) is 22.0 Å². The number of aryl methyl sites for hydroxylation is 2. The number of carboxylic acid groups (broad SMARTS) is 1. The number of para-hydroxylation sites is 1. The number of rotatable bonds is 2. The molecule has 4 rings (SSSR count). The highest BCUT2D eigenvalue weighted by Crippen LogP contribution is 2.44. The van der Waals surface area contributed by atoms with Crippen LogP contribution in [0.2, 0.25) is 0 Å². The lowest BCUT2D eigenvalue weighted by Crippen LogP contribution is -2.21. The normalized spacial score (nSPS) is 13.2. The zero-order chi connectivity index (χ0) is 24.5. The number of carboxylic acids is 1. The van der Waals surface area contributed by atoms with Crippen LogP contribution < -0.4 is 15.8 Å². The van der Waals surface area contributed by atoms with Crippen LogP contribution in [-0.2, 0) is 4.79 Å². The van der Waals surface area contributed by atoms with E-state index in [1.54, 1.807) is 0 Å². The van der Waals surface area contributed by atoms with Crippen molar-refractivity contribution in [1.82, 2.24) is 4.98 Å². The van der Waals surface area contributed by atoms with E-state index >= 15 is 4.39 Å². The van der Waals surface area contributed by atoms with Gasteiger partial charge >= 0.3 is 12.1 Å². The summed E-state index contributed by atoms with van der Waals surface area (Å²) in [5, 5.41) is 11.1. The molecule has 0 saturated carbocycles. The molecule has 1 amide bonds. The highest BCUT2D eigenvalue weighted by atomic mass is 19.4. The topological polar surface area (TPSA) is 117 Å². The summed E-state index contributed by atoms with van der Waals surface area (Å²) in [6.45, 7) is 5.16. The molecule has 2 aromatic carbocycles. The molecule has 0 atom stereocenters. The number of aromatic amines is 1. The van der Waals surface area contributed by atoms with Crippen LogP contribution in [0.3, 0.4) is 0 Å². The van der Waals surface area contributed by atoms with E-state index in [0.717, 1.165) is 29.9 Å². The molecule has 5 N–H and O–H groups in total. The number of fused-ring (bicyclic) bond motifs is 2. The van der Waals surface area contributed by atoms with Gasteiger partial charge < -0.3 is 25.9 Å². The van der Waals surface area contributed by atoms with E-state index in [2.05, 4.69) is 10.3 Å². The number of amides is 1. The van der Waals surface area contributed by atoms with Gasteiger partial charge in [-0.2, -0.15) is 13.2 Å². The maximum absolute atomic E-state index is 15.2. The van der Waals surface area contributed by atoms with Gasteiger partial charge in [0.1, 0.15) is 11.6 Å². The highest BCUT2D eigenvalue weighted by Gasteiger charge is 2.38. The van der Waals surface area contributed by atoms with Crippen molar-refractivity contribution in [3.05, 3.63) is 46.9 Å². The lowest BCUT2D eigenvalue weighted by molar-refractivity contribution is -0.192. The number of hydrogen-bond acceptors (Lipinski definition) is 4. The van der Waals surface area contributed by atoms with Crippen molar-refractivity contribution in [3.8, 4) is 16.9 Å². The summed E-state index contributed by atoms with van der Waals surface area (Å²) < 4.78 is 52.9. The molecule has 0 aliphatic carbocycles. The fourth-order valence-electron chi connectivity index (χ4n) is 3.58. The Hall–Kier alpha value is -3.76. The van der Waals surface area contributed by atoms with Gasteiger partial charge in [-0.15, -0.1) is 0 Å². The Morgan fingerprint density at radius 3 is 2.48 bits per heavy atom. The van der Waals surface area contributed by atoms with Crippen molar-refractivity contribution in [2.75, 3.05) is 18.5 Å². The average Bonchev–Trinajstić information content (AvgIpc) is 2.91. The molecule has 176 valence electrons. The van der Waals surface area contributed by atoms with Crippen LogP contribution in [0, 0.1) is 19.7 Å². The summed E-state index contributed by atoms with van der Waals surface area (Å²) in [5.74, 6) is -3.27. The maximum atomic E-state index is 15.2. The Labute approximate surface area is 185 Å². The molecule has 7 nitrogen and oxygen atoms in total. The molecule has 1 aliphatic rings. The van der Waals surface area contributed by atoms with Gasteiger partial charge in [0.15, 0.2) is 0 Å². The Balaban J connectivity index is 0.000000383. The Morgan fingerprint density at radius 1 is 1.21 bits per heavy atom. The van der Waals surface area contributed by atoms with Gasteiger partial charge in [-0.25, -0.2) is 9.18 Å². The Morgan fingerprint density at radius 2 is 1.88 bits per heavy atom. The first-order valence-corrected chi connectivity index (χ1v) is 9.84. The zero-order valence-electron chi connectivity index (χ0n) is 17.7. The van der Waals surface area contributed by atoms with Crippen LogP contribution in [0.5, 0.6) is 5.75 Å². The molecule has 0 bridgehead atoms. The summed E-state index contributed by atoms with van der Waals surface area (Å²) in [6, 6.07) is 6.85. The van der Waals surface area contributed by atoms with Crippen LogP contribution in [-0.4, -0.2) is 41.3 Å². The molecule has 1 aliphatic heterocycles. The van der Waals surface area contributed by atoms with Gasteiger partial charge in [-0.1, -0.05) is 12.1 Å². The minimum absolute atomic E-state index is 0.151. The van der Waals surface area contributed by atoms with E-state index in [1.807, 2.05) is 32.0 Å². The van der Waals surface area contributed by atoms with Crippen molar-refractivity contribution in [2.45, 2.75) is 26.4 Å². The minimum atomic E-state index is -5.08. The van der Waals surface area contributed by atoms with Gasteiger partial charge in [0.25, 0.3) is 5.91 Å². The lowest BCUT2D eigenvalue weighted by atomic mass is 9.94. The summed E-state index contributed by atoms with van der Waals surface area (Å²) in [5.41, 5.74) is 9.87. The number of hydrogen-bond donors (Lipinski definition) is 4. The molecule has 0 radical (unpaired) electrons. The first-order valence-electron chi connectivity index (χ1n) is 9.84. The number of benzene rings is 2. The number of H-pyrrole nitrogens is 1. The van der Waals surface area contributed by atoms with Gasteiger partial charge in [-0.3, -0.25) is 4.79 Å². The molecule has 0 fully saturated rings. The number of halogens is 4. The second kappa shape index (κ2) is 9.00. The van der Waals surface area contributed by atoms with Crippen LogP contribution in [0.4, 0.5) is 23.2 Å². The number of alkyl halides is 3. The summed E-state index contributed by atoms with van der Waals surface area (Å²) in [7, 11) is 0. The number of aliphatic carboxylic acids is 1. The van der Waals surface area contributed by atoms with E-state index < -0.39 is 23.9 Å². The standard InChI is InChI=1S/C20H20FN3O2.C2HF3O2/c1-10-11(2)24-18-13(20(22)25)9-14(21)17(16(10)18)12-5-3-6-15-19(12)26-8-4-7-23-15;3-2(4,5)1(6)7/h3,5-6,9,23-24H,4,7-8H2,1-2H3,(H2,22,25);(H,6,7). The predicted molar refractivity (Wildman–Crippen MR) is 114 cm³/mol. The van der Waals surface area contributed by atoms with Crippen molar-refractivity contribution in [3.63, 3.8) is 0 Å². The Kier molecular flexibility index (Phi) is 6.52. The van der Waals surface area contributed by atoms with Crippen LogP contribution >= 0.6 is 0 Å². The number of anilines is 1. The van der Waals surface area contributed by atoms with Gasteiger partial charge in [0, 0.05) is 28.8 Å². The van der Waals surface area contributed by atoms with Gasteiger partial charge in [-0.05, 0) is 38.0 Å². The second-order valence-electron chi connectivity index (χ2n) is 7.38. The number of nitrogens with two attached hydrogens (primary N) is 1. The molecular weight excluding hydrogens is 446 g/mol. The monoisotopic (exact) mass is 467 g/mol. The van der Waals surface area contributed by atoms with Crippen molar-refractivity contribution >= 4 is 28.5 Å². The maximum Gasteiger partial charge on any atom is 0.490 e. The SMILES string of the molecule is Cc1[nH]c2c(C(N)=O)cc(F)c(-c3cccc4c3OCCCN4)c2c1C.O=C(O)C(F)(F)F. The highest BCUT2D eigenvalue weighted by molar-refractivity contribution is 6.11. The molecule has 2 heterocycles. The third-order valence-corrected chi connectivity index (χ3v) is 5.20. The number of carbonyl (C=O) groups is 2. The summed E-state index contributed by atoms with van der Waals surface area (Å²) >= 11 is 0. The summed E-state index contributed by atoms with van der Waals surface area (Å²) in [6.07, 6.45) is -4.21. The first kappa shape index (κ1) is 23.9. The molecule has 3 aromatic rings.